The topological polar surface area (TPSA) is 64.3 Å². The van der Waals surface area contributed by atoms with Crippen molar-refractivity contribution >= 4 is 18.3 Å². The molecule has 0 bridgehead atoms. The molecule has 3 rings (SSSR count). The Bertz CT molecular complexity index is 709. The van der Waals surface area contributed by atoms with E-state index in [4.69, 9.17) is 10.5 Å². The number of nitrogens with two attached hydrogens (primary N) is 1. The van der Waals surface area contributed by atoms with Crippen molar-refractivity contribution in [1.82, 2.24) is 5.32 Å². The Morgan fingerprint density at radius 1 is 1.30 bits per heavy atom. The van der Waals surface area contributed by atoms with Crippen molar-refractivity contribution < 1.29 is 13.9 Å². The van der Waals surface area contributed by atoms with Crippen LogP contribution in [0.25, 0.3) is 0 Å². The molecule has 0 unspecified atom stereocenters. The van der Waals surface area contributed by atoms with Crippen LogP contribution < -0.4 is 15.8 Å². The average molecular weight is 337 g/mol. The molecular weight excluding hydrogens is 319 g/mol. The lowest BCUT2D eigenvalue weighted by Gasteiger charge is -2.11. The number of para-hydroxylation sites is 1. The van der Waals surface area contributed by atoms with Crippen molar-refractivity contribution in [2.75, 3.05) is 6.61 Å². The fraction of sp³-hybridized carbons (Fsp3) is 0.235. The Hall–Kier alpha value is -2.11. The highest BCUT2D eigenvalue weighted by molar-refractivity contribution is 5.85. The van der Waals surface area contributed by atoms with Gasteiger partial charge in [-0.05, 0) is 17.7 Å². The van der Waals surface area contributed by atoms with Crippen LogP contribution in [0.5, 0.6) is 5.75 Å². The summed E-state index contributed by atoms with van der Waals surface area (Å²) in [6.07, 6.45) is 0. The first kappa shape index (κ1) is 17.2. The maximum Gasteiger partial charge on any atom is 0.231 e. The second kappa shape index (κ2) is 7.44. The summed E-state index contributed by atoms with van der Waals surface area (Å²) in [5.41, 5.74) is 7.51. The van der Waals surface area contributed by atoms with E-state index < -0.39 is 0 Å². The van der Waals surface area contributed by atoms with Gasteiger partial charge in [-0.25, -0.2) is 4.39 Å². The number of nitrogens with one attached hydrogen (secondary N) is 1. The van der Waals surface area contributed by atoms with Crippen molar-refractivity contribution in [2.24, 2.45) is 5.73 Å². The highest BCUT2D eigenvalue weighted by Crippen LogP contribution is 2.33. The minimum atomic E-state index is -0.355. The number of hydrogen-bond donors (Lipinski definition) is 2. The number of rotatable bonds is 4. The van der Waals surface area contributed by atoms with Gasteiger partial charge in [0.2, 0.25) is 5.91 Å². The Morgan fingerprint density at radius 2 is 2.09 bits per heavy atom. The Morgan fingerprint density at radius 3 is 2.83 bits per heavy atom. The van der Waals surface area contributed by atoms with Crippen LogP contribution in [-0.4, -0.2) is 12.5 Å². The van der Waals surface area contributed by atoms with Crippen LogP contribution in [0.1, 0.15) is 22.6 Å². The second-order valence-corrected chi connectivity index (χ2v) is 5.25. The largest absolute Gasteiger partial charge is 0.492 e. The zero-order valence-electron chi connectivity index (χ0n) is 12.4. The summed E-state index contributed by atoms with van der Waals surface area (Å²) in [5, 5.41) is 2.77. The molecule has 2 aromatic carbocycles. The van der Waals surface area contributed by atoms with Gasteiger partial charge in [-0.15, -0.1) is 12.4 Å². The zero-order chi connectivity index (χ0) is 15.5. The molecular formula is C17H18ClFN2O2. The summed E-state index contributed by atoms with van der Waals surface area (Å²) in [6, 6.07) is 12.3. The fourth-order valence-corrected chi connectivity index (χ4v) is 2.55. The van der Waals surface area contributed by atoms with Gasteiger partial charge in [0, 0.05) is 24.2 Å². The lowest BCUT2D eigenvalue weighted by atomic mass is 10.0. The van der Waals surface area contributed by atoms with Gasteiger partial charge in [0.15, 0.2) is 0 Å². The SMILES string of the molecule is Cl.NCc1ccc(CNC(=O)[C@@H]2COc3ccccc32)c(F)c1. The summed E-state index contributed by atoms with van der Waals surface area (Å²) >= 11 is 0. The van der Waals surface area contributed by atoms with Crippen LogP contribution in [-0.2, 0) is 17.9 Å². The molecule has 2 aromatic rings. The number of ether oxygens (including phenoxy) is 1. The summed E-state index contributed by atoms with van der Waals surface area (Å²) in [6.45, 7) is 0.758. The number of fused-ring (bicyclic) bond motifs is 1. The van der Waals surface area contributed by atoms with Gasteiger partial charge in [-0.1, -0.05) is 30.3 Å². The molecule has 0 saturated heterocycles. The molecule has 1 atom stereocenters. The third kappa shape index (κ3) is 3.63. The van der Waals surface area contributed by atoms with Crippen molar-refractivity contribution in [1.29, 1.82) is 0 Å². The molecule has 0 saturated carbocycles. The summed E-state index contributed by atoms with van der Waals surface area (Å²) in [4.78, 5) is 12.3. The number of halogens is 2. The van der Waals surface area contributed by atoms with Gasteiger partial charge >= 0.3 is 0 Å². The van der Waals surface area contributed by atoms with E-state index in [9.17, 15) is 9.18 Å². The quantitative estimate of drug-likeness (QED) is 0.901. The predicted molar refractivity (Wildman–Crippen MR) is 88.1 cm³/mol. The molecule has 23 heavy (non-hydrogen) atoms. The van der Waals surface area contributed by atoms with E-state index in [1.807, 2.05) is 24.3 Å². The molecule has 0 radical (unpaired) electrons. The molecule has 0 spiro atoms. The standard InChI is InChI=1S/C17H17FN2O2.ClH/c18-15-7-11(8-19)5-6-12(15)9-20-17(21)14-10-22-16-4-2-1-3-13(14)16;/h1-7,14H,8-10,19H2,(H,20,21);1H/t14-;/m1./s1. The molecule has 1 amide bonds. The fourth-order valence-electron chi connectivity index (χ4n) is 2.55. The highest BCUT2D eigenvalue weighted by atomic mass is 35.5. The van der Waals surface area contributed by atoms with Crippen molar-refractivity contribution in [2.45, 2.75) is 19.0 Å². The zero-order valence-corrected chi connectivity index (χ0v) is 13.2. The molecule has 1 aliphatic rings. The van der Waals surface area contributed by atoms with Gasteiger partial charge in [-0.2, -0.15) is 0 Å². The van der Waals surface area contributed by atoms with Crippen LogP contribution in [0.15, 0.2) is 42.5 Å². The number of carbonyl (C=O) groups excluding carboxylic acids is 1. The first-order valence-corrected chi connectivity index (χ1v) is 7.16. The maximum absolute atomic E-state index is 13.9. The molecule has 1 aliphatic heterocycles. The average Bonchev–Trinajstić information content (AvgIpc) is 2.97. The minimum Gasteiger partial charge on any atom is -0.492 e. The summed E-state index contributed by atoms with van der Waals surface area (Å²) < 4.78 is 19.4. The first-order chi connectivity index (χ1) is 10.7. The normalized spacial score (nSPS) is 15.3. The molecule has 6 heteroatoms. The second-order valence-electron chi connectivity index (χ2n) is 5.25. The van der Waals surface area contributed by atoms with Crippen molar-refractivity contribution in [3.05, 3.63) is 65.0 Å². The maximum atomic E-state index is 13.9. The van der Waals surface area contributed by atoms with Gasteiger partial charge in [0.25, 0.3) is 0 Å². The van der Waals surface area contributed by atoms with Gasteiger partial charge in [0.1, 0.15) is 24.1 Å². The van der Waals surface area contributed by atoms with E-state index in [0.717, 1.165) is 16.9 Å². The van der Waals surface area contributed by atoms with E-state index in [-0.39, 0.29) is 36.6 Å². The molecule has 0 aliphatic carbocycles. The molecule has 4 nitrogen and oxygen atoms in total. The lowest BCUT2D eigenvalue weighted by molar-refractivity contribution is -0.122. The molecule has 3 N–H and O–H groups in total. The summed E-state index contributed by atoms with van der Waals surface area (Å²) in [5.74, 6) is -0.123. The molecule has 0 fully saturated rings. The third-order valence-corrected chi connectivity index (χ3v) is 3.82. The van der Waals surface area contributed by atoms with E-state index in [0.29, 0.717) is 18.7 Å². The lowest BCUT2D eigenvalue weighted by Crippen LogP contribution is -2.30. The Kier molecular flexibility index (Phi) is 5.58. The molecule has 1 heterocycles. The van der Waals surface area contributed by atoms with Crippen molar-refractivity contribution in [3.63, 3.8) is 0 Å². The first-order valence-electron chi connectivity index (χ1n) is 7.16. The number of hydrogen-bond acceptors (Lipinski definition) is 3. The minimum absolute atomic E-state index is 0. The van der Waals surface area contributed by atoms with Gasteiger partial charge < -0.3 is 15.8 Å². The van der Waals surface area contributed by atoms with Crippen LogP contribution in [0.3, 0.4) is 0 Å². The van der Waals surface area contributed by atoms with Crippen LogP contribution >= 0.6 is 12.4 Å². The smallest absolute Gasteiger partial charge is 0.231 e. The monoisotopic (exact) mass is 336 g/mol. The summed E-state index contributed by atoms with van der Waals surface area (Å²) in [7, 11) is 0. The predicted octanol–water partition coefficient (Wildman–Crippen LogP) is 2.50. The number of benzene rings is 2. The van der Waals surface area contributed by atoms with E-state index >= 15 is 0 Å². The highest BCUT2D eigenvalue weighted by Gasteiger charge is 2.29. The van der Waals surface area contributed by atoms with Crippen LogP contribution in [0.4, 0.5) is 4.39 Å². The Balaban J connectivity index is 0.00000192. The van der Waals surface area contributed by atoms with Crippen LogP contribution in [0, 0.1) is 5.82 Å². The van der Waals surface area contributed by atoms with Gasteiger partial charge in [-0.3, -0.25) is 4.79 Å². The molecule has 0 aromatic heterocycles. The Labute approximate surface area is 140 Å². The third-order valence-electron chi connectivity index (χ3n) is 3.82. The van der Waals surface area contributed by atoms with Gasteiger partial charge in [0.05, 0.1) is 0 Å². The number of amides is 1. The van der Waals surface area contributed by atoms with Crippen LogP contribution in [0.2, 0.25) is 0 Å². The van der Waals surface area contributed by atoms with E-state index in [1.165, 1.54) is 6.07 Å². The van der Waals surface area contributed by atoms with E-state index in [2.05, 4.69) is 5.32 Å². The van der Waals surface area contributed by atoms with Crippen molar-refractivity contribution in [3.8, 4) is 5.75 Å². The van der Waals surface area contributed by atoms with E-state index in [1.54, 1.807) is 12.1 Å². The number of carbonyl (C=O) groups is 1. The molecule has 122 valence electrons.